The number of carbonyl (C=O) groups is 1. The van der Waals surface area contributed by atoms with E-state index in [1.54, 1.807) is 24.3 Å². The van der Waals surface area contributed by atoms with Crippen molar-refractivity contribution in [2.45, 2.75) is 0 Å². The Morgan fingerprint density at radius 3 is 2.22 bits per heavy atom. The van der Waals surface area contributed by atoms with Crippen LogP contribution in [0.5, 0.6) is 5.75 Å². The fourth-order valence-electron chi connectivity index (χ4n) is 2.32. The Morgan fingerprint density at radius 2 is 1.52 bits per heavy atom. The van der Waals surface area contributed by atoms with E-state index in [1.807, 2.05) is 54.6 Å². The lowest BCUT2D eigenvalue weighted by molar-refractivity contribution is 0.0921. The second kappa shape index (κ2) is 6.79. The normalized spacial score (nSPS) is 10.3. The van der Waals surface area contributed by atoms with Gasteiger partial charge in [-0.15, -0.1) is 0 Å². The van der Waals surface area contributed by atoms with Crippen LogP contribution in [0.1, 0.15) is 10.4 Å². The van der Waals surface area contributed by atoms with E-state index >= 15 is 0 Å². The first kappa shape index (κ1) is 14.9. The van der Waals surface area contributed by atoms with Gasteiger partial charge in [-0.25, -0.2) is 0 Å². The largest absolute Gasteiger partial charge is 0.485 e. The maximum atomic E-state index is 12.2. The van der Waals surface area contributed by atoms with Crippen molar-refractivity contribution in [1.29, 1.82) is 0 Å². The second-order valence-corrected chi connectivity index (χ2v) is 5.23. The lowest BCUT2D eigenvalue weighted by Crippen LogP contribution is -2.11. The van der Waals surface area contributed by atoms with Crippen molar-refractivity contribution in [2.24, 2.45) is 0 Å². The van der Waals surface area contributed by atoms with Crippen LogP contribution >= 0.6 is 0 Å². The van der Waals surface area contributed by atoms with Gasteiger partial charge in [0.15, 0.2) is 12.4 Å². The van der Waals surface area contributed by atoms with Crippen LogP contribution in [-0.2, 0) is 0 Å². The number of ether oxygens (including phenoxy) is 1. The first-order valence-electron chi connectivity index (χ1n) is 7.39. The second-order valence-electron chi connectivity index (χ2n) is 5.23. The van der Waals surface area contributed by atoms with Gasteiger partial charge in [-0.3, -0.25) is 4.79 Å². The Hall–Kier alpha value is -3.07. The van der Waals surface area contributed by atoms with Crippen LogP contribution in [0.25, 0.3) is 11.1 Å². The molecule has 3 heteroatoms. The summed E-state index contributed by atoms with van der Waals surface area (Å²) in [6.45, 7) is -0.00582. The van der Waals surface area contributed by atoms with Gasteiger partial charge in [0.05, 0.1) is 0 Å². The molecule has 0 aliphatic heterocycles. The highest BCUT2D eigenvalue weighted by Crippen LogP contribution is 2.20. The summed E-state index contributed by atoms with van der Waals surface area (Å²) >= 11 is 0. The maximum absolute atomic E-state index is 12.2. The van der Waals surface area contributed by atoms with Gasteiger partial charge in [0, 0.05) is 17.3 Å². The molecule has 0 spiro atoms. The highest BCUT2D eigenvalue weighted by molar-refractivity contribution is 5.97. The third-order valence-corrected chi connectivity index (χ3v) is 3.54. The number of carbonyl (C=O) groups excluding carboxylic acids is 1. The molecule has 0 atom stereocenters. The van der Waals surface area contributed by atoms with Crippen molar-refractivity contribution in [3.63, 3.8) is 0 Å². The summed E-state index contributed by atoms with van der Waals surface area (Å²) < 4.78 is 5.49. The van der Waals surface area contributed by atoms with Crippen LogP contribution in [0, 0.1) is 0 Å². The SMILES string of the molecule is Nc1cccc(OCC(=O)c2ccc(-c3ccccc3)cc2)c1. The third-order valence-electron chi connectivity index (χ3n) is 3.54. The van der Waals surface area contributed by atoms with E-state index in [9.17, 15) is 4.79 Å². The Balaban J connectivity index is 1.66. The Labute approximate surface area is 135 Å². The lowest BCUT2D eigenvalue weighted by atomic mass is 10.0. The molecule has 3 nitrogen and oxygen atoms in total. The van der Waals surface area contributed by atoms with Gasteiger partial charge in [0.1, 0.15) is 5.75 Å². The number of hydrogen-bond donors (Lipinski definition) is 1. The molecule has 0 saturated heterocycles. The quantitative estimate of drug-likeness (QED) is 0.568. The van der Waals surface area contributed by atoms with Gasteiger partial charge in [-0.2, -0.15) is 0 Å². The summed E-state index contributed by atoms with van der Waals surface area (Å²) in [4.78, 5) is 12.2. The topological polar surface area (TPSA) is 52.3 Å². The average molecular weight is 303 g/mol. The Kier molecular flexibility index (Phi) is 4.39. The van der Waals surface area contributed by atoms with Crippen molar-refractivity contribution in [3.05, 3.63) is 84.4 Å². The molecule has 0 saturated carbocycles. The molecule has 0 amide bonds. The van der Waals surface area contributed by atoms with Crippen molar-refractivity contribution in [1.82, 2.24) is 0 Å². The molecule has 23 heavy (non-hydrogen) atoms. The molecular formula is C20H17NO2. The number of anilines is 1. The summed E-state index contributed by atoms with van der Waals surface area (Å²) in [6, 6.07) is 24.7. The molecule has 3 aromatic rings. The van der Waals surface area contributed by atoms with Crippen molar-refractivity contribution in [3.8, 4) is 16.9 Å². The number of nitrogens with two attached hydrogens (primary N) is 1. The zero-order chi connectivity index (χ0) is 16.1. The van der Waals surface area contributed by atoms with E-state index in [-0.39, 0.29) is 12.4 Å². The summed E-state index contributed by atoms with van der Waals surface area (Å²) in [7, 11) is 0. The predicted molar refractivity (Wildman–Crippen MR) is 92.6 cm³/mol. The summed E-state index contributed by atoms with van der Waals surface area (Å²) in [6.07, 6.45) is 0. The molecule has 0 bridgehead atoms. The number of nitrogen functional groups attached to an aromatic ring is 1. The van der Waals surface area contributed by atoms with Crippen molar-refractivity contribution in [2.75, 3.05) is 12.3 Å². The van der Waals surface area contributed by atoms with Crippen molar-refractivity contribution >= 4 is 11.5 Å². The van der Waals surface area contributed by atoms with E-state index < -0.39 is 0 Å². The van der Waals surface area contributed by atoms with Crippen LogP contribution in [0.4, 0.5) is 5.69 Å². The van der Waals surface area contributed by atoms with E-state index in [0.717, 1.165) is 11.1 Å². The molecule has 3 rings (SSSR count). The lowest BCUT2D eigenvalue weighted by Gasteiger charge is -2.07. The first-order chi connectivity index (χ1) is 11.2. The molecule has 0 heterocycles. The molecule has 0 fully saturated rings. The van der Waals surface area contributed by atoms with Gasteiger partial charge in [0.25, 0.3) is 0 Å². The number of hydrogen-bond acceptors (Lipinski definition) is 3. The standard InChI is InChI=1S/C20H17NO2/c21-18-7-4-8-19(13-18)23-14-20(22)17-11-9-16(10-12-17)15-5-2-1-3-6-15/h1-13H,14,21H2. The summed E-state index contributed by atoms with van der Waals surface area (Å²) in [5.74, 6) is 0.534. The van der Waals surface area contributed by atoms with E-state index in [1.165, 1.54) is 0 Å². The predicted octanol–water partition coefficient (Wildman–Crippen LogP) is 4.20. The number of rotatable bonds is 5. The van der Waals surface area contributed by atoms with Crippen LogP contribution in [0.3, 0.4) is 0 Å². The minimum atomic E-state index is -0.0629. The smallest absolute Gasteiger partial charge is 0.200 e. The van der Waals surface area contributed by atoms with Gasteiger partial charge in [-0.1, -0.05) is 60.7 Å². The van der Waals surface area contributed by atoms with E-state index in [2.05, 4.69) is 0 Å². The summed E-state index contributed by atoms with van der Waals surface area (Å²) in [5.41, 5.74) is 9.14. The van der Waals surface area contributed by atoms with Gasteiger partial charge in [0.2, 0.25) is 0 Å². The van der Waals surface area contributed by atoms with Crippen LogP contribution in [0.2, 0.25) is 0 Å². The van der Waals surface area contributed by atoms with Gasteiger partial charge < -0.3 is 10.5 Å². The minimum absolute atomic E-state index is 0.00582. The monoisotopic (exact) mass is 303 g/mol. The molecule has 2 N–H and O–H groups in total. The molecule has 0 aliphatic carbocycles. The molecule has 0 unspecified atom stereocenters. The number of benzene rings is 3. The number of ketones is 1. The van der Waals surface area contributed by atoms with E-state index in [0.29, 0.717) is 17.0 Å². The van der Waals surface area contributed by atoms with E-state index in [4.69, 9.17) is 10.5 Å². The Bertz CT molecular complexity index is 795. The molecule has 0 radical (unpaired) electrons. The number of Topliss-reactive ketones (excluding diaryl/α,β-unsaturated/α-hetero) is 1. The molecular weight excluding hydrogens is 286 g/mol. The van der Waals surface area contributed by atoms with Crippen LogP contribution < -0.4 is 10.5 Å². The highest BCUT2D eigenvalue weighted by atomic mass is 16.5. The molecule has 0 aliphatic rings. The maximum Gasteiger partial charge on any atom is 0.200 e. The Morgan fingerprint density at radius 1 is 0.826 bits per heavy atom. The molecule has 0 aromatic heterocycles. The molecule has 3 aromatic carbocycles. The van der Waals surface area contributed by atoms with Crippen LogP contribution in [-0.4, -0.2) is 12.4 Å². The zero-order valence-corrected chi connectivity index (χ0v) is 12.6. The minimum Gasteiger partial charge on any atom is -0.485 e. The fraction of sp³-hybridized carbons (Fsp3) is 0.0500. The summed E-state index contributed by atoms with van der Waals surface area (Å²) in [5, 5.41) is 0. The van der Waals surface area contributed by atoms with Crippen molar-refractivity contribution < 1.29 is 9.53 Å². The first-order valence-corrected chi connectivity index (χ1v) is 7.39. The van der Waals surface area contributed by atoms with Crippen LogP contribution in [0.15, 0.2) is 78.9 Å². The average Bonchev–Trinajstić information content (AvgIpc) is 2.61. The highest BCUT2D eigenvalue weighted by Gasteiger charge is 2.07. The third kappa shape index (κ3) is 3.77. The molecule has 114 valence electrons. The van der Waals surface area contributed by atoms with Gasteiger partial charge >= 0.3 is 0 Å². The van der Waals surface area contributed by atoms with Gasteiger partial charge in [-0.05, 0) is 23.3 Å². The zero-order valence-electron chi connectivity index (χ0n) is 12.6. The fourth-order valence-corrected chi connectivity index (χ4v) is 2.32.